The first-order chi connectivity index (χ1) is 12.7. The predicted molar refractivity (Wildman–Crippen MR) is 103 cm³/mol. The highest BCUT2D eigenvalue weighted by molar-refractivity contribution is 8.00. The van der Waals surface area contributed by atoms with Gasteiger partial charge in [0.05, 0.1) is 29.7 Å². The Labute approximate surface area is 156 Å². The maximum absolute atomic E-state index is 12.9. The summed E-state index contributed by atoms with van der Waals surface area (Å²) in [4.78, 5) is 25.2. The summed E-state index contributed by atoms with van der Waals surface area (Å²) in [5.41, 5.74) is 1.41. The second kappa shape index (κ2) is 7.23. The molecule has 1 saturated carbocycles. The van der Waals surface area contributed by atoms with Gasteiger partial charge in [0.2, 0.25) is 5.91 Å². The maximum atomic E-state index is 12.9. The first-order valence-electron chi connectivity index (χ1n) is 9.08. The van der Waals surface area contributed by atoms with E-state index in [0.29, 0.717) is 17.1 Å². The maximum Gasteiger partial charge on any atom is 0.270 e. The van der Waals surface area contributed by atoms with Crippen LogP contribution in [0.4, 0.5) is 5.82 Å². The minimum Gasteiger partial charge on any atom is -0.496 e. The fraction of sp³-hybridized carbons (Fsp3) is 0.474. The van der Waals surface area contributed by atoms with Gasteiger partial charge >= 0.3 is 0 Å². The highest BCUT2D eigenvalue weighted by atomic mass is 32.2. The molecule has 0 bridgehead atoms. The number of methoxy groups -OCH3 is 1. The van der Waals surface area contributed by atoms with Crippen molar-refractivity contribution < 1.29 is 9.53 Å². The number of para-hydroxylation sites is 1. The van der Waals surface area contributed by atoms with E-state index in [1.165, 1.54) is 18.2 Å². The van der Waals surface area contributed by atoms with Crippen molar-refractivity contribution in [3.05, 3.63) is 45.7 Å². The molecule has 1 aromatic carbocycles. The van der Waals surface area contributed by atoms with Gasteiger partial charge in [0.25, 0.3) is 5.56 Å². The van der Waals surface area contributed by atoms with Gasteiger partial charge in [-0.25, -0.2) is 0 Å². The van der Waals surface area contributed by atoms with E-state index < -0.39 is 0 Å². The van der Waals surface area contributed by atoms with E-state index in [1.54, 1.807) is 7.11 Å². The predicted octanol–water partition coefficient (Wildman–Crippen LogP) is 3.46. The number of hydrogen-bond donors (Lipinski definition) is 2. The summed E-state index contributed by atoms with van der Waals surface area (Å²) in [7, 11) is 1.63. The summed E-state index contributed by atoms with van der Waals surface area (Å²) in [5, 5.41) is 5.74. The van der Waals surface area contributed by atoms with E-state index >= 15 is 0 Å². The number of rotatable bonds is 3. The molecule has 1 aromatic heterocycles. The minimum absolute atomic E-state index is 0.0720. The van der Waals surface area contributed by atoms with Gasteiger partial charge in [-0.1, -0.05) is 37.5 Å². The molecule has 2 N–H and O–H groups in total. The first-order valence-corrected chi connectivity index (χ1v) is 10.1. The van der Waals surface area contributed by atoms with Crippen LogP contribution in [0.5, 0.6) is 5.75 Å². The van der Waals surface area contributed by atoms with E-state index in [-0.39, 0.29) is 22.8 Å². The molecule has 0 saturated heterocycles. The van der Waals surface area contributed by atoms with Gasteiger partial charge in [-0.15, -0.1) is 11.8 Å². The van der Waals surface area contributed by atoms with E-state index in [1.807, 2.05) is 28.9 Å². The molecule has 2 heterocycles. The van der Waals surface area contributed by atoms with Crippen LogP contribution >= 0.6 is 11.8 Å². The average molecular weight is 373 g/mol. The second-order valence-corrected chi connectivity index (χ2v) is 7.94. The molecule has 26 heavy (non-hydrogen) atoms. The lowest BCUT2D eigenvalue weighted by atomic mass is 9.95. The number of nitrogens with zero attached hydrogens (tertiary/aromatic N) is 1. The number of fused-ring (bicyclic) bond motifs is 1. The molecule has 6 nitrogen and oxygen atoms in total. The van der Waals surface area contributed by atoms with Crippen LogP contribution in [0.2, 0.25) is 0 Å². The van der Waals surface area contributed by atoms with Crippen molar-refractivity contribution in [1.82, 2.24) is 9.78 Å². The fourth-order valence-corrected chi connectivity index (χ4v) is 5.14. The van der Waals surface area contributed by atoms with Crippen molar-refractivity contribution in [2.24, 2.45) is 0 Å². The van der Waals surface area contributed by atoms with Gasteiger partial charge in [-0.05, 0) is 18.9 Å². The van der Waals surface area contributed by atoms with Crippen molar-refractivity contribution in [1.29, 1.82) is 0 Å². The van der Waals surface area contributed by atoms with Crippen molar-refractivity contribution in [3.63, 3.8) is 0 Å². The normalized spacial score (nSPS) is 21.0. The number of anilines is 1. The second-order valence-electron chi connectivity index (χ2n) is 6.85. The van der Waals surface area contributed by atoms with Crippen LogP contribution in [0.1, 0.15) is 54.5 Å². The van der Waals surface area contributed by atoms with E-state index in [9.17, 15) is 9.59 Å². The summed E-state index contributed by atoms with van der Waals surface area (Å²) in [6.45, 7) is 0. The van der Waals surface area contributed by atoms with Crippen LogP contribution in [0.15, 0.2) is 29.1 Å². The Balaban J connectivity index is 1.84. The number of carbonyl (C=O) groups is 1. The summed E-state index contributed by atoms with van der Waals surface area (Å²) < 4.78 is 7.41. The van der Waals surface area contributed by atoms with Gasteiger partial charge in [-0.2, -0.15) is 0 Å². The average Bonchev–Trinajstić information content (AvgIpc) is 2.88. The van der Waals surface area contributed by atoms with Crippen LogP contribution in [0.25, 0.3) is 0 Å². The zero-order valence-corrected chi connectivity index (χ0v) is 15.6. The monoisotopic (exact) mass is 373 g/mol. The van der Waals surface area contributed by atoms with Gasteiger partial charge in [0.15, 0.2) is 0 Å². The number of aromatic nitrogens is 2. The lowest BCUT2D eigenvalue weighted by molar-refractivity contribution is -0.113. The standard InChI is InChI=1S/C19H23N3O3S/c1-25-14-10-6-5-9-13(14)17-16-18(20-15(23)11-26-17)22(21-19(16)24)12-7-3-2-4-8-12/h5-6,9-10,12,17H,2-4,7-8,11H2,1H3,(H,20,23)(H,21,24)/t17-/m1/s1. The van der Waals surface area contributed by atoms with Crippen LogP contribution in [-0.4, -0.2) is 28.6 Å². The van der Waals surface area contributed by atoms with Crippen LogP contribution in [-0.2, 0) is 4.79 Å². The first kappa shape index (κ1) is 17.3. The third-order valence-electron chi connectivity index (χ3n) is 5.22. The number of benzene rings is 1. The summed E-state index contributed by atoms with van der Waals surface area (Å²) >= 11 is 1.47. The Morgan fingerprint density at radius 2 is 1.92 bits per heavy atom. The van der Waals surface area contributed by atoms with E-state index in [0.717, 1.165) is 37.0 Å². The topological polar surface area (TPSA) is 76.1 Å². The van der Waals surface area contributed by atoms with Crippen LogP contribution < -0.4 is 15.6 Å². The number of thioether (sulfide) groups is 1. The number of ether oxygens (including phenoxy) is 1. The number of H-pyrrole nitrogens is 1. The van der Waals surface area contributed by atoms with Crippen molar-refractivity contribution in [3.8, 4) is 5.75 Å². The van der Waals surface area contributed by atoms with Gasteiger partial charge in [0, 0.05) is 5.56 Å². The fourth-order valence-electron chi connectivity index (χ4n) is 3.99. The highest BCUT2D eigenvalue weighted by Crippen LogP contribution is 2.44. The molecule has 1 atom stereocenters. The smallest absolute Gasteiger partial charge is 0.270 e. The molecule has 1 aliphatic heterocycles. The van der Waals surface area contributed by atoms with Crippen molar-refractivity contribution in [2.45, 2.75) is 43.4 Å². The molecule has 1 amide bonds. The number of amides is 1. The molecular weight excluding hydrogens is 350 g/mol. The molecular formula is C19H23N3O3S. The Morgan fingerprint density at radius 1 is 1.15 bits per heavy atom. The zero-order valence-electron chi connectivity index (χ0n) is 14.8. The number of aromatic amines is 1. The quantitative estimate of drug-likeness (QED) is 0.864. The van der Waals surface area contributed by atoms with Crippen LogP contribution in [0, 0.1) is 0 Å². The third-order valence-corrected chi connectivity index (χ3v) is 6.48. The van der Waals surface area contributed by atoms with Crippen LogP contribution in [0.3, 0.4) is 0 Å². The Morgan fingerprint density at radius 3 is 2.69 bits per heavy atom. The highest BCUT2D eigenvalue weighted by Gasteiger charge is 2.33. The summed E-state index contributed by atoms with van der Waals surface area (Å²) in [5.74, 6) is 1.60. The number of hydrogen-bond acceptors (Lipinski definition) is 4. The minimum atomic E-state index is -0.242. The summed E-state index contributed by atoms with van der Waals surface area (Å²) in [6.07, 6.45) is 5.59. The van der Waals surface area contributed by atoms with Crippen molar-refractivity contribution in [2.75, 3.05) is 18.2 Å². The molecule has 0 unspecified atom stereocenters. The van der Waals surface area contributed by atoms with Gasteiger partial charge < -0.3 is 10.1 Å². The molecule has 7 heteroatoms. The lowest BCUT2D eigenvalue weighted by Gasteiger charge is -2.25. The molecule has 0 spiro atoms. The summed E-state index contributed by atoms with van der Waals surface area (Å²) in [6, 6.07) is 7.94. The van der Waals surface area contributed by atoms with Gasteiger partial charge in [0.1, 0.15) is 11.6 Å². The molecule has 2 aromatic rings. The third kappa shape index (κ3) is 3.05. The molecule has 2 aliphatic rings. The van der Waals surface area contributed by atoms with E-state index in [2.05, 4.69) is 10.4 Å². The molecule has 4 rings (SSSR count). The molecule has 1 fully saturated rings. The number of carbonyl (C=O) groups excluding carboxylic acids is 1. The SMILES string of the molecule is COc1ccccc1[C@H]1SCC(=O)Nc2c1c(=O)[nH]n2C1CCCCC1. The Hall–Kier alpha value is -2.15. The Bertz CT molecular complexity index is 867. The molecule has 0 radical (unpaired) electrons. The lowest BCUT2D eigenvalue weighted by Crippen LogP contribution is -2.21. The molecule has 1 aliphatic carbocycles. The molecule has 138 valence electrons. The van der Waals surface area contributed by atoms with E-state index in [4.69, 9.17) is 4.74 Å². The Kier molecular flexibility index (Phi) is 4.80. The van der Waals surface area contributed by atoms with Gasteiger partial charge in [-0.3, -0.25) is 19.4 Å². The zero-order chi connectivity index (χ0) is 18.1. The number of nitrogens with one attached hydrogen (secondary N) is 2. The largest absolute Gasteiger partial charge is 0.496 e. The van der Waals surface area contributed by atoms with Crippen molar-refractivity contribution >= 4 is 23.5 Å².